The predicted octanol–water partition coefficient (Wildman–Crippen LogP) is 4.13. The van der Waals surface area contributed by atoms with Gasteiger partial charge in [-0.3, -0.25) is 0 Å². The first-order valence-corrected chi connectivity index (χ1v) is 6.87. The molecule has 0 saturated heterocycles. The van der Waals surface area contributed by atoms with E-state index in [1.54, 1.807) is 0 Å². The van der Waals surface area contributed by atoms with Crippen LogP contribution in [0.2, 0.25) is 0 Å². The van der Waals surface area contributed by atoms with Crippen molar-refractivity contribution in [3.05, 3.63) is 48.2 Å². The first-order valence-electron chi connectivity index (χ1n) is 6.87. The van der Waals surface area contributed by atoms with Crippen LogP contribution in [0.5, 0.6) is 0 Å². The zero-order chi connectivity index (χ0) is 13.2. The van der Waals surface area contributed by atoms with Crippen molar-refractivity contribution >= 4 is 21.7 Å². The SMILES string of the molecule is CC(C)NCCc1coc2c1ccc1ccccc12. The summed E-state index contributed by atoms with van der Waals surface area (Å²) in [5, 5.41) is 7.11. The van der Waals surface area contributed by atoms with Crippen molar-refractivity contribution in [3.63, 3.8) is 0 Å². The Kier molecular flexibility index (Phi) is 3.26. The molecule has 0 aliphatic rings. The van der Waals surface area contributed by atoms with Gasteiger partial charge in [0, 0.05) is 16.8 Å². The Labute approximate surface area is 113 Å². The third kappa shape index (κ3) is 2.36. The molecule has 0 fully saturated rings. The Morgan fingerprint density at radius 2 is 1.89 bits per heavy atom. The van der Waals surface area contributed by atoms with Crippen molar-refractivity contribution in [2.24, 2.45) is 0 Å². The minimum atomic E-state index is 0.527. The number of hydrogen-bond donors (Lipinski definition) is 1. The Bertz CT molecular complexity index is 697. The number of benzene rings is 2. The van der Waals surface area contributed by atoms with E-state index in [0.717, 1.165) is 18.5 Å². The van der Waals surface area contributed by atoms with E-state index in [4.69, 9.17) is 4.42 Å². The maximum atomic E-state index is 5.79. The first kappa shape index (κ1) is 12.2. The average molecular weight is 253 g/mol. The highest BCUT2D eigenvalue weighted by Crippen LogP contribution is 2.29. The normalized spacial score (nSPS) is 11.7. The van der Waals surface area contributed by atoms with Crippen LogP contribution in [0.25, 0.3) is 21.7 Å². The molecule has 19 heavy (non-hydrogen) atoms. The number of hydrogen-bond acceptors (Lipinski definition) is 2. The molecular formula is C17H19NO. The van der Waals surface area contributed by atoms with Gasteiger partial charge < -0.3 is 9.73 Å². The molecule has 0 spiro atoms. The smallest absolute Gasteiger partial charge is 0.141 e. The third-order valence-corrected chi connectivity index (χ3v) is 3.49. The molecular weight excluding hydrogens is 234 g/mol. The number of furan rings is 1. The van der Waals surface area contributed by atoms with Crippen molar-refractivity contribution in [3.8, 4) is 0 Å². The van der Waals surface area contributed by atoms with Crippen molar-refractivity contribution in [1.29, 1.82) is 0 Å². The summed E-state index contributed by atoms with van der Waals surface area (Å²) in [5.41, 5.74) is 2.30. The highest BCUT2D eigenvalue weighted by molar-refractivity contribution is 6.05. The van der Waals surface area contributed by atoms with Gasteiger partial charge >= 0.3 is 0 Å². The van der Waals surface area contributed by atoms with Crippen molar-refractivity contribution < 1.29 is 4.42 Å². The lowest BCUT2D eigenvalue weighted by atomic mass is 10.0. The van der Waals surface area contributed by atoms with Gasteiger partial charge in [0.2, 0.25) is 0 Å². The summed E-state index contributed by atoms with van der Waals surface area (Å²) in [7, 11) is 0. The summed E-state index contributed by atoms with van der Waals surface area (Å²) in [6.45, 7) is 5.32. The van der Waals surface area contributed by atoms with Gasteiger partial charge in [0.15, 0.2) is 0 Å². The van der Waals surface area contributed by atoms with Gasteiger partial charge in [0.1, 0.15) is 5.58 Å². The van der Waals surface area contributed by atoms with E-state index in [9.17, 15) is 0 Å². The summed E-state index contributed by atoms with van der Waals surface area (Å²) in [5.74, 6) is 0. The summed E-state index contributed by atoms with van der Waals surface area (Å²) >= 11 is 0. The van der Waals surface area contributed by atoms with E-state index in [0.29, 0.717) is 6.04 Å². The predicted molar refractivity (Wildman–Crippen MR) is 80.6 cm³/mol. The molecule has 0 bridgehead atoms. The van der Waals surface area contributed by atoms with E-state index in [1.165, 1.54) is 21.7 Å². The molecule has 3 aromatic rings. The number of fused-ring (bicyclic) bond motifs is 3. The van der Waals surface area contributed by atoms with Gasteiger partial charge in [0.05, 0.1) is 6.26 Å². The highest BCUT2D eigenvalue weighted by Gasteiger charge is 2.08. The molecule has 0 radical (unpaired) electrons. The molecule has 1 heterocycles. The fourth-order valence-electron chi connectivity index (χ4n) is 2.51. The molecule has 1 aromatic heterocycles. The van der Waals surface area contributed by atoms with Gasteiger partial charge in [-0.25, -0.2) is 0 Å². The monoisotopic (exact) mass is 253 g/mol. The van der Waals surface area contributed by atoms with Gasteiger partial charge in [-0.15, -0.1) is 0 Å². The van der Waals surface area contributed by atoms with Gasteiger partial charge in [-0.2, -0.15) is 0 Å². The van der Waals surface area contributed by atoms with Crippen LogP contribution in [0.3, 0.4) is 0 Å². The van der Waals surface area contributed by atoms with E-state index in [2.05, 4.69) is 55.6 Å². The van der Waals surface area contributed by atoms with E-state index in [1.807, 2.05) is 6.26 Å². The van der Waals surface area contributed by atoms with Crippen LogP contribution in [0, 0.1) is 0 Å². The van der Waals surface area contributed by atoms with E-state index >= 15 is 0 Å². The van der Waals surface area contributed by atoms with Crippen molar-refractivity contribution in [2.75, 3.05) is 6.54 Å². The van der Waals surface area contributed by atoms with E-state index in [-0.39, 0.29) is 0 Å². The van der Waals surface area contributed by atoms with Crippen LogP contribution in [-0.4, -0.2) is 12.6 Å². The maximum Gasteiger partial charge on any atom is 0.141 e. The van der Waals surface area contributed by atoms with Gasteiger partial charge in [0.25, 0.3) is 0 Å². The standard InChI is InChI=1S/C17H19NO/c1-12(2)18-10-9-14-11-19-17-15-6-4-3-5-13(15)7-8-16(14)17/h3-8,11-12,18H,9-10H2,1-2H3. The average Bonchev–Trinajstić information content (AvgIpc) is 2.82. The fourth-order valence-corrected chi connectivity index (χ4v) is 2.51. The minimum Gasteiger partial charge on any atom is -0.463 e. The molecule has 98 valence electrons. The molecule has 1 N–H and O–H groups in total. The Morgan fingerprint density at radius 1 is 1.05 bits per heavy atom. The molecule has 2 nitrogen and oxygen atoms in total. The highest BCUT2D eigenvalue weighted by atomic mass is 16.3. The van der Waals surface area contributed by atoms with Crippen LogP contribution in [0.4, 0.5) is 0 Å². The van der Waals surface area contributed by atoms with Crippen LogP contribution < -0.4 is 5.32 Å². The lowest BCUT2D eigenvalue weighted by Gasteiger charge is -2.06. The lowest BCUT2D eigenvalue weighted by molar-refractivity contribution is 0.581. The van der Waals surface area contributed by atoms with Crippen LogP contribution >= 0.6 is 0 Å². The van der Waals surface area contributed by atoms with Crippen LogP contribution in [0.15, 0.2) is 47.1 Å². The molecule has 0 aliphatic carbocycles. The third-order valence-electron chi connectivity index (χ3n) is 3.49. The summed E-state index contributed by atoms with van der Waals surface area (Å²) < 4.78 is 5.79. The molecule has 0 aliphatic heterocycles. The first-order chi connectivity index (χ1) is 9.25. The lowest BCUT2D eigenvalue weighted by Crippen LogP contribution is -2.24. The van der Waals surface area contributed by atoms with Gasteiger partial charge in [-0.1, -0.05) is 50.2 Å². The molecule has 2 heteroatoms. The Balaban J connectivity index is 1.97. The second kappa shape index (κ2) is 5.06. The zero-order valence-electron chi connectivity index (χ0n) is 11.4. The molecule has 2 aromatic carbocycles. The Morgan fingerprint density at radius 3 is 2.74 bits per heavy atom. The second-order valence-corrected chi connectivity index (χ2v) is 5.28. The largest absolute Gasteiger partial charge is 0.463 e. The van der Waals surface area contributed by atoms with Gasteiger partial charge in [-0.05, 0) is 23.9 Å². The molecule has 0 atom stereocenters. The summed E-state index contributed by atoms with van der Waals surface area (Å²) in [6.07, 6.45) is 2.91. The molecule has 0 saturated carbocycles. The molecule has 0 amide bonds. The molecule has 3 rings (SSSR count). The van der Waals surface area contributed by atoms with Crippen LogP contribution in [-0.2, 0) is 6.42 Å². The Hall–Kier alpha value is -1.80. The maximum absolute atomic E-state index is 5.79. The summed E-state index contributed by atoms with van der Waals surface area (Å²) in [4.78, 5) is 0. The quantitative estimate of drug-likeness (QED) is 0.756. The second-order valence-electron chi connectivity index (χ2n) is 5.28. The topological polar surface area (TPSA) is 25.2 Å². The summed E-state index contributed by atoms with van der Waals surface area (Å²) in [6, 6.07) is 13.2. The fraction of sp³-hybridized carbons (Fsp3) is 0.294. The van der Waals surface area contributed by atoms with E-state index < -0.39 is 0 Å². The minimum absolute atomic E-state index is 0.527. The van der Waals surface area contributed by atoms with Crippen molar-refractivity contribution in [1.82, 2.24) is 5.32 Å². The molecule has 0 unspecified atom stereocenters. The number of rotatable bonds is 4. The van der Waals surface area contributed by atoms with Crippen LogP contribution in [0.1, 0.15) is 19.4 Å². The van der Waals surface area contributed by atoms with Crippen molar-refractivity contribution in [2.45, 2.75) is 26.3 Å². The zero-order valence-corrected chi connectivity index (χ0v) is 11.4. The number of nitrogens with one attached hydrogen (secondary N) is 1.